The van der Waals surface area contributed by atoms with Gasteiger partial charge in [0.2, 0.25) is 21.8 Å². The van der Waals surface area contributed by atoms with E-state index < -0.39 is 10.0 Å². The van der Waals surface area contributed by atoms with Gasteiger partial charge in [-0.15, -0.1) is 0 Å². The Morgan fingerprint density at radius 3 is 1.70 bits per heavy atom. The number of nitrogens with zero attached hydrogens (tertiary/aromatic N) is 3. The van der Waals surface area contributed by atoms with Crippen molar-refractivity contribution in [2.24, 2.45) is 29.1 Å². The number of hydrogen-bond donors (Lipinski definition) is 0. The maximum Gasteiger partial charge on any atom is 0.228 e. The molecule has 0 unspecified atom stereocenters. The average Bonchev–Trinajstić information content (AvgIpc) is 2.71. The minimum Gasteiger partial charge on any atom is -0.339 e. The first kappa shape index (κ1) is 20.7. The van der Waals surface area contributed by atoms with Crippen LogP contribution in [0.25, 0.3) is 0 Å². The van der Waals surface area contributed by atoms with Crippen LogP contribution in [0.15, 0.2) is 0 Å². The standard InChI is InChI=1S/C22H35N3O4S/c1-30(28,29)25-4-2-19(3-5-25)20(26)23-6-8-24(9-7-23)21(27)22-13-16-10-17(14-22)12-18(11-16)15-22/h16-19H,2-15H2,1H3. The van der Waals surface area contributed by atoms with Crippen molar-refractivity contribution in [1.82, 2.24) is 14.1 Å². The van der Waals surface area contributed by atoms with Gasteiger partial charge in [0.15, 0.2) is 0 Å². The molecule has 6 rings (SSSR count). The highest BCUT2D eigenvalue weighted by Gasteiger charge is 2.55. The number of carbonyl (C=O) groups is 2. The van der Waals surface area contributed by atoms with E-state index in [9.17, 15) is 18.0 Å². The third kappa shape index (κ3) is 3.68. The normalized spacial score (nSPS) is 37.6. The van der Waals surface area contributed by atoms with Crippen molar-refractivity contribution in [3.63, 3.8) is 0 Å². The molecule has 2 saturated heterocycles. The molecule has 168 valence electrons. The van der Waals surface area contributed by atoms with Gasteiger partial charge in [-0.1, -0.05) is 0 Å². The lowest BCUT2D eigenvalue weighted by atomic mass is 9.49. The quantitative estimate of drug-likeness (QED) is 0.671. The molecule has 4 bridgehead atoms. The number of hydrogen-bond acceptors (Lipinski definition) is 4. The van der Waals surface area contributed by atoms with Crippen LogP contribution < -0.4 is 0 Å². The Balaban J connectivity index is 1.15. The van der Waals surface area contributed by atoms with Crippen LogP contribution in [-0.4, -0.2) is 79.9 Å². The number of sulfonamides is 1. The summed E-state index contributed by atoms with van der Waals surface area (Å²) in [6, 6.07) is 0. The Morgan fingerprint density at radius 2 is 1.23 bits per heavy atom. The Kier molecular flexibility index (Phi) is 5.16. The van der Waals surface area contributed by atoms with Crippen molar-refractivity contribution in [2.75, 3.05) is 45.5 Å². The Morgan fingerprint density at radius 1 is 0.767 bits per heavy atom. The summed E-state index contributed by atoms with van der Waals surface area (Å²) in [7, 11) is -3.17. The fourth-order valence-electron chi connectivity index (χ4n) is 7.53. The van der Waals surface area contributed by atoms with E-state index >= 15 is 0 Å². The summed E-state index contributed by atoms with van der Waals surface area (Å²) in [5.41, 5.74) is -0.0978. The Hall–Kier alpha value is -1.15. The second-order valence-corrected chi connectivity index (χ2v) is 12.7. The minimum atomic E-state index is -3.17. The summed E-state index contributed by atoms with van der Waals surface area (Å²) in [5, 5.41) is 0. The first-order chi connectivity index (χ1) is 14.2. The molecule has 6 aliphatic rings. The van der Waals surface area contributed by atoms with Crippen LogP contribution in [0.4, 0.5) is 0 Å². The smallest absolute Gasteiger partial charge is 0.228 e. The Labute approximate surface area is 180 Å². The Bertz CT molecular complexity index is 775. The van der Waals surface area contributed by atoms with E-state index in [0.717, 1.165) is 37.0 Å². The maximum absolute atomic E-state index is 13.5. The molecule has 0 N–H and O–H groups in total. The van der Waals surface area contributed by atoms with Crippen LogP contribution >= 0.6 is 0 Å². The van der Waals surface area contributed by atoms with E-state index in [1.54, 1.807) is 0 Å². The van der Waals surface area contributed by atoms with Crippen LogP contribution in [0, 0.1) is 29.1 Å². The van der Waals surface area contributed by atoms with Gasteiger partial charge in [0.1, 0.15) is 0 Å². The maximum atomic E-state index is 13.5. The summed E-state index contributed by atoms with van der Waals surface area (Å²) in [6.07, 6.45) is 9.72. The lowest BCUT2D eigenvalue weighted by Gasteiger charge is -2.57. The molecule has 30 heavy (non-hydrogen) atoms. The third-order valence-electron chi connectivity index (χ3n) is 8.64. The van der Waals surface area contributed by atoms with E-state index in [4.69, 9.17) is 0 Å². The van der Waals surface area contributed by atoms with Gasteiger partial charge in [0.05, 0.1) is 11.7 Å². The first-order valence-corrected chi connectivity index (χ1v) is 13.6. The molecule has 0 aromatic rings. The van der Waals surface area contributed by atoms with Gasteiger partial charge in [-0.3, -0.25) is 9.59 Å². The molecule has 0 atom stereocenters. The molecule has 0 aromatic heterocycles. The molecule has 0 spiro atoms. The van der Waals surface area contributed by atoms with Crippen molar-refractivity contribution in [1.29, 1.82) is 0 Å². The molecule has 6 fully saturated rings. The van der Waals surface area contributed by atoms with E-state index in [0.29, 0.717) is 58.0 Å². The second kappa shape index (κ2) is 7.47. The van der Waals surface area contributed by atoms with Crippen LogP contribution in [0.5, 0.6) is 0 Å². The van der Waals surface area contributed by atoms with Gasteiger partial charge in [-0.25, -0.2) is 12.7 Å². The number of piperidine rings is 1. The summed E-state index contributed by atoms with van der Waals surface area (Å²) in [4.78, 5) is 30.4. The number of amides is 2. The van der Waals surface area contributed by atoms with Crippen LogP contribution in [0.3, 0.4) is 0 Å². The third-order valence-corrected chi connectivity index (χ3v) is 9.95. The van der Waals surface area contributed by atoms with Crippen LogP contribution in [0.2, 0.25) is 0 Å². The van der Waals surface area contributed by atoms with Gasteiger partial charge in [-0.2, -0.15) is 0 Å². The largest absolute Gasteiger partial charge is 0.339 e. The van der Waals surface area contributed by atoms with Crippen molar-refractivity contribution in [3.05, 3.63) is 0 Å². The summed E-state index contributed by atoms with van der Waals surface area (Å²) in [6.45, 7) is 3.38. The highest BCUT2D eigenvalue weighted by molar-refractivity contribution is 7.88. The summed E-state index contributed by atoms with van der Waals surface area (Å²) >= 11 is 0. The second-order valence-electron chi connectivity index (χ2n) is 10.8. The molecule has 8 heteroatoms. The molecule has 2 heterocycles. The fraction of sp³-hybridized carbons (Fsp3) is 0.909. The zero-order valence-electron chi connectivity index (χ0n) is 18.1. The van der Waals surface area contributed by atoms with Gasteiger partial charge in [0, 0.05) is 45.2 Å². The monoisotopic (exact) mass is 437 g/mol. The van der Waals surface area contributed by atoms with Gasteiger partial charge < -0.3 is 9.80 Å². The predicted octanol–water partition coefficient (Wildman–Crippen LogP) is 1.55. The number of rotatable bonds is 3. The molecular formula is C22H35N3O4S. The van der Waals surface area contributed by atoms with Gasteiger partial charge >= 0.3 is 0 Å². The van der Waals surface area contributed by atoms with E-state index in [2.05, 4.69) is 0 Å². The molecule has 4 saturated carbocycles. The summed E-state index contributed by atoms with van der Waals surface area (Å²) < 4.78 is 24.8. The number of piperazine rings is 1. The van der Waals surface area contributed by atoms with Crippen molar-refractivity contribution >= 4 is 21.8 Å². The predicted molar refractivity (Wildman–Crippen MR) is 113 cm³/mol. The van der Waals surface area contributed by atoms with Crippen LogP contribution in [0.1, 0.15) is 51.4 Å². The zero-order valence-corrected chi connectivity index (χ0v) is 18.9. The van der Waals surface area contributed by atoms with Crippen molar-refractivity contribution in [2.45, 2.75) is 51.4 Å². The highest BCUT2D eigenvalue weighted by atomic mass is 32.2. The van der Waals surface area contributed by atoms with E-state index in [1.165, 1.54) is 29.8 Å². The molecule has 7 nitrogen and oxygen atoms in total. The first-order valence-electron chi connectivity index (χ1n) is 11.8. The molecule has 0 radical (unpaired) electrons. The topological polar surface area (TPSA) is 78.0 Å². The van der Waals surface area contributed by atoms with Gasteiger partial charge in [0.25, 0.3) is 0 Å². The molecule has 4 aliphatic carbocycles. The minimum absolute atomic E-state index is 0.0894. The van der Waals surface area contributed by atoms with Crippen molar-refractivity contribution in [3.8, 4) is 0 Å². The SMILES string of the molecule is CS(=O)(=O)N1CCC(C(=O)N2CCN(C(=O)C34CC5CC(CC(C5)C3)C4)CC2)CC1. The lowest BCUT2D eigenvalue weighted by molar-refractivity contribution is -0.161. The fourth-order valence-corrected chi connectivity index (χ4v) is 8.40. The molecule has 0 aromatic carbocycles. The summed E-state index contributed by atoms with van der Waals surface area (Å²) in [5.74, 6) is 2.72. The average molecular weight is 438 g/mol. The van der Waals surface area contributed by atoms with E-state index in [-0.39, 0.29) is 17.2 Å². The van der Waals surface area contributed by atoms with Gasteiger partial charge in [-0.05, 0) is 69.1 Å². The molecular weight excluding hydrogens is 402 g/mol. The highest BCUT2D eigenvalue weighted by Crippen LogP contribution is 2.60. The zero-order chi connectivity index (χ0) is 21.1. The molecule has 2 amide bonds. The van der Waals surface area contributed by atoms with Crippen molar-refractivity contribution < 1.29 is 18.0 Å². The molecule has 2 aliphatic heterocycles. The van der Waals surface area contributed by atoms with E-state index in [1.807, 2.05) is 9.80 Å². The lowest BCUT2D eigenvalue weighted by Crippen LogP contribution is -2.59. The van der Waals surface area contributed by atoms with Crippen LogP contribution in [-0.2, 0) is 19.6 Å². The number of carbonyl (C=O) groups excluding carboxylic acids is 2.